The maximum Gasteiger partial charge on any atom is 0.320 e. The Bertz CT molecular complexity index is 861. The summed E-state index contributed by atoms with van der Waals surface area (Å²) in [5.41, 5.74) is 7.29. The topological polar surface area (TPSA) is 44.8 Å². The van der Waals surface area contributed by atoms with Gasteiger partial charge in [0.25, 0.3) is 0 Å². The van der Waals surface area contributed by atoms with E-state index in [2.05, 4.69) is 55.3 Å². The minimum absolute atomic E-state index is 0. The number of anilines is 1. The van der Waals surface area contributed by atoms with Crippen LogP contribution in [0.2, 0.25) is 0 Å². The van der Waals surface area contributed by atoms with E-state index in [1.807, 2.05) is 24.8 Å². The summed E-state index contributed by atoms with van der Waals surface area (Å²) in [5.74, 6) is 0.861. The summed E-state index contributed by atoms with van der Waals surface area (Å²) in [7, 11) is 0. The third-order valence-corrected chi connectivity index (χ3v) is 5.80. The molecule has 2 amide bonds. The summed E-state index contributed by atoms with van der Waals surface area (Å²) in [4.78, 5) is 16.7. The molecule has 1 saturated heterocycles. The first-order valence-electron chi connectivity index (χ1n) is 9.92. The van der Waals surface area contributed by atoms with Gasteiger partial charge in [0, 0.05) is 31.9 Å². The van der Waals surface area contributed by atoms with Gasteiger partial charge in [0.15, 0.2) is 6.73 Å². The van der Waals surface area contributed by atoms with Crippen molar-refractivity contribution in [3.63, 3.8) is 0 Å². The Balaban J connectivity index is 0.00000300. The largest absolute Gasteiger partial charge is 0.473 e. The lowest BCUT2D eigenvalue weighted by Crippen LogP contribution is -2.52. The molecule has 2 aromatic carbocycles. The van der Waals surface area contributed by atoms with Crippen molar-refractivity contribution in [3.05, 3.63) is 58.1 Å². The van der Waals surface area contributed by atoms with Crippen molar-refractivity contribution in [2.45, 2.75) is 34.6 Å². The second-order valence-corrected chi connectivity index (χ2v) is 7.62. The predicted molar refractivity (Wildman–Crippen MR) is 122 cm³/mol. The molecule has 0 unspecified atom stereocenters. The van der Waals surface area contributed by atoms with Gasteiger partial charge in [-0.1, -0.05) is 24.3 Å². The highest BCUT2D eigenvalue weighted by atomic mass is 35.5. The molecule has 0 spiro atoms. The molecule has 0 bridgehead atoms. The Labute approximate surface area is 180 Å². The third-order valence-electron chi connectivity index (χ3n) is 5.80. The van der Waals surface area contributed by atoms with E-state index < -0.39 is 0 Å². The van der Waals surface area contributed by atoms with Crippen molar-refractivity contribution in [1.29, 1.82) is 0 Å². The first kappa shape index (κ1) is 22.9. The van der Waals surface area contributed by atoms with Gasteiger partial charge in [-0.3, -0.25) is 0 Å². The fourth-order valence-corrected chi connectivity index (χ4v) is 3.66. The molecule has 0 atom stereocenters. The van der Waals surface area contributed by atoms with E-state index in [4.69, 9.17) is 4.74 Å². The van der Waals surface area contributed by atoms with Gasteiger partial charge >= 0.3 is 6.03 Å². The molecule has 0 aliphatic carbocycles. The van der Waals surface area contributed by atoms with E-state index in [0.717, 1.165) is 30.0 Å². The van der Waals surface area contributed by atoms with Crippen LogP contribution in [0, 0.1) is 34.6 Å². The summed E-state index contributed by atoms with van der Waals surface area (Å²) in [6.45, 7) is 13.7. The van der Waals surface area contributed by atoms with Gasteiger partial charge in [-0.05, 0) is 68.5 Å². The summed E-state index contributed by atoms with van der Waals surface area (Å²) < 4.78 is 5.86. The number of carbonyl (C=O) groups excluding carboxylic acids is 1. The molecule has 158 valence electrons. The minimum atomic E-state index is -0.0661. The fourth-order valence-electron chi connectivity index (χ4n) is 3.66. The van der Waals surface area contributed by atoms with Crippen LogP contribution >= 0.6 is 12.4 Å². The van der Waals surface area contributed by atoms with Crippen molar-refractivity contribution < 1.29 is 9.53 Å². The number of rotatable bonds is 4. The number of halogens is 1. The monoisotopic (exact) mass is 417 g/mol. The van der Waals surface area contributed by atoms with E-state index >= 15 is 0 Å². The lowest BCUT2D eigenvalue weighted by molar-refractivity contribution is 0.181. The van der Waals surface area contributed by atoms with Crippen LogP contribution in [0.4, 0.5) is 10.5 Å². The number of hydrogen-bond donors (Lipinski definition) is 1. The van der Waals surface area contributed by atoms with Crippen LogP contribution in [-0.2, 0) is 0 Å². The highest BCUT2D eigenvalue weighted by Crippen LogP contribution is 2.26. The van der Waals surface area contributed by atoms with Gasteiger partial charge in [-0.25, -0.2) is 4.79 Å². The average molecular weight is 418 g/mol. The third kappa shape index (κ3) is 5.15. The van der Waals surface area contributed by atoms with E-state index in [0.29, 0.717) is 13.1 Å². The second-order valence-electron chi connectivity index (χ2n) is 7.62. The molecule has 0 aromatic heterocycles. The van der Waals surface area contributed by atoms with Crippen molar-refractivity contribution in [3.8, 4) is 5.75 Å². The molecule has 2 aromatic rings. The lowest BCUT2D eigenvalue weighted by Gasteiger charge is -2.37. The Morgan fingerprint density at radius 2 is 1.52 bits per heavy atom. The van der Waals surface area contributed by atoms with Crippen LogP contribution < -0.4 is 15.0 Å². The SMILES string of the molecule is Cc1cccc(N2CCN(C(=O)NCOc3c(C)ccc(C)c3C)CC2)c1C.Cl. The van der Waals surface area contributed by atoms with Crippen LogP contribution in [0.1, 0.15) is 27.8 Å². The molecule has 0 radical (unpaired) electrons. The van der Waals surface area contributed by atoms with Crippen LogP contribution in [0.3, 0.4) is 0 Å². The van der Waals surface area contributed by atoms with Crippen molar-refractivity contribution in [2.75, 3.05) is 37.8 Å². The number of nitrogens with one attached hydrogen (secondary N) is 1. The number of ether oxygens (including phenoxy) is 1. The highest BCUT2D eigenvalue weighted by molar-refractivity contribution is 5.85. The van der Waals surface area contributed by atoms with Gasteiger partial charge in [0.2, 0.25) is 0 Å². The first-order chi connectivity index (χ1) is 13.4. The zero-order chi connectivity index (χ0) is 20.3. The first-order valence-corrected chi connectivity index (χ1v) is 9.92. The molecular weight excluding hydrogens is 386 g/mol. The number of piperazine rings is 1. The Hall–Kier alpha value is -2.40. The highest BCUT2D eigenvalue weighted by Gasteiger charge is 2.22. The van der Waals surface area contributed by atoms with E-state index in [1.54, 1.807) is 0 Å². The average Bonchev–Trinajstić information content (AvgIpc) is 2.69. The van der Waals surface area contributed by atoms with Crippen molar-refractivity contribution in [1.82, 2.24) is 10.2 Å². The molecule has 0 saturated carbocycles. The summed E-state index contributed by atoms with van der Waals surface area (Å²) in [6.07, 6.45) is 0. The standard InChI is InChI=1S/C23H31N3O2.ClH/c1-16-7-6-8-21(19(16)4)25-11-13-26(14-12-25)23(27)24-15-28-22-18(3)10-9-17(2)20(22)5;/h6-10H,11-15H2,1-5H3,(H,24,27);1H. The summed E-state index contributed by atoms with van der Waals surface area (Å²) >= 11 is 0. The van der Waals surface area contributed by atoms with E-state index in [-0.39, 0.29) is 25.2 Å². The number of urea groups is 1. The van der Waals surface area contributed by atoms with Gasteiger partial charge in [-0.2, -0.15) is 0 Å². The second kappa shape index (κ2) is 9.88. The van der Waals surface area contributed by atoms with Crippen LogP contribution in [0.5, 0.6) is 5.75 Å². The Morgan fingerprint density at radius 3 is 2.21 bits per heavy atom. The van der Waals surface area contributed by atoms with Gasteiger partial charge in [0.05, 0.1) is 0 Å². The number of hydrogen-bond acceptors (Lipinski definition) is 3. The lowest BCUT2D eigenvalue weighted by atomic mass is 10.1. The molecular formula is C23H32ClN3O2. The molecule has 29 heavy (non-hydrogen) atoms. The molecule has 5 nitrogen and oxygen atoms in total. The molecule has 1 heterocycles. The molecule has 1 fully saturated rings. The summed E-state index contributed by atoms with van der Waals surface area (Å²) in [5, 5.41) is 2.90. The predicted octanol–water partition coefficient (Wildman–Crippen LogP) is 4.52. The summed E-state index contributed by atoms with van der Waals surface area (Å²) in [6, 6.07) is 10.5. The number of aryl methyl sites for hydroxylation is 3. The maximum atomic E-state index is 12.5. The maximum absolute atomic E-state index is 12.5. The fraction of sp³-hybridized carbons (Fsp3) is 0.435. The van der Waals surface area contributed by atoms with Gasteiger partial charge in [0.1, 0.15) is 5.75 Å². The van der Waals surface area contributed by atoms with Crippen LogP contribution in [0.15, 0.2) is 30.3 Å². The Morgan fingerprint density at radius 1 is 0.897 bits per heavy atom. The molecule has 6 heteroatoms. The number of amides is 2. The van der Waals surface area contributed by atoms with E-state index in [1.165, 1.54) is 22.4 Å². The van der Waals surface area contributed by atoms with Crippen LogP contribution in [0.25, 0.3) is 0 Å². The Kier molecular flexibility index (Phi) is 7.80. The number of benzene rings is 2. The molecule has 3 rings (SSSR count). The number of nitrogens with zero attached hydrogens (tertiary/aromatic N) is 2. The molecule has 1 N–H and O–H groups in total. The quantitative estimate of drug-likeness (QED) is 0.744. The zero-order valence-electron chi connectivity index (χ0n) is 18.0. The minimum Gasteiger partial charge on any atom is -0.473 e. The normalized spacial score (nSPS) is 13.7. The number of carbonyl (C=O) groups is 1. The van der Waals surface area contributed by atoms with Gasteiger partial charge < -0.3 is 19.9 Å². The van der Waals surface area contributed by atoms with E-state index in [9.17, 15) is 4.79 Å². The molecule has 1 aliphatic heterocycles. The zero-order valence-corrected chi connectivity index (χ0v) is 18.9. The van der Waals surface area contributed by atoms with Crippen molar-refractivity contribution >= 4 is 24.1 Å². The van der Waals surface area contributed by atoms with Crippen LogP contribution in [-0.4, -0.2) is 43.8 Å². The van der Waals surface area contributed by atoms with Gasteiger partial charge in [-0.15, -0.1) is 12.4 Å². The van der Waals surface area contributed by atoms with Crippen molar-refractivity contribution in [2.24, 2.45) is 0 Å². The molecule has 1 aliphatic rings. The smallest absolute Gasteiger partial charge is 0.320 e.